The van der Waals surface area contributed by atoms with Crippen molar-refractivity contribution in [3.8, 4) is 0 Å². The molecule has 11 unspecified atom stereocenters. The number of ketones is 2. The average Bonchev–Trinajstić information content (AvgIpc) is 3.47. The molecule has 2 N–H and O–H groups in total. The molecule has 6 aliphatic carbocycles. The van der Waals surface area contributed by atoms with Gasteiger partial charge in [-0.25, -0.2) is 0 Å². The van der Waals surface area contributed by atoms with Crippen molar-refractivity contribution in [2.24, 2.45) is 75.4 Å². The van der Waals surface area contributed by atoms with Crippen LogP contribution in [0.1, 0.15) is 130 Å². The summed E-state index contributed by atoms with van der Waals surface area (Å²) in [5.74, 6) is 3.53. The van der Waals surface area contributed by atoms with Crippen LogP contribution < -0.4 is 5.32 Å². The SMILES string of the molecule is CC(C)C1=C2C3CCC4C(CCC5C(C)(C)C(CC(=O)C6CC(C(=O)O)C6C)CCC45C)C3CCC2(CCNCc2ccc(CN3CCN(C)CC3)cc2)CC1=O. The Morgan fingerprint density at radius 3 is 2.30 bits per heavy atom. The molecule has 0 bridgehead atoms. The van der Waals surface area contributed by atoms with Crippen LogP contribution in [0.15, 0.2) is 35.4 Å². The number of Topliss-reactive ketones (excluding diaryl/α,β-unsaturated/α-hetero) is 2. The van der Waals surface area contributed by atoms with Crippen molar-refractivity contribution in [2.75, 3.05) is 39.8 Å². The number of fused-ring (bicyclic) bond motifs is 7. The molecule has 1 aromatic carbocycles. The number of benzene rings is 1. The van der Waals surface area contributed by atoms with Crippen LogP contribution in [-0.2, 0) is 27.5 Å². The molecule has 57 heavy (non-hydrogen) atoms. The first-order valence-electron chi connectivity index (χ1n) is 23.4. The topological polar surface area (TPSA) is 89.9 Å². The van der Waals surface area contributed by atoms with E-state index < -0.39 is 5.97 Å². The number of aliphatic carboxylic acids is 1. The average molecular weight is 782 g/mol. The maximum atomic E-state index is 14.0. The van der Waals surface area contributed by atoms with Gasteiger partial charge in [-0.3, -0.25) is 19.3 Å². The lowest BCUT2D eigenvalue weighted by atomic mass is 9.39. The second kappa shape index (κ2) is 15.9. The van der Waals surface area contributed by atoms with E-state index in [-0.39, 0.29) is 39.9 Å². The first kappa shape index (κ1) is 41.4. The van der Waals surface area contributed by atoms with Crippen LogP contribution in [0.5, 0.6) is 0 Å². The lowest BCUT2D eigenvalue weighted by Gasteiger charge is -2.65. The van der Waals surface area contributed by atoms with Crippen molar-refractivity contribution in [1.29, 1.82) is 0 Å². The number of hydrogen-bond donors (Lipinski definition) is 2. The highest BCUT2D eigenvalue weighted by Crippen LogP contribution is 2.70. The normalized spacial score (nSPS) is 39.2. The Labute approximate surface area is 344 Å². The zero-order chi connectivity index (χ0) is 40.4. The fraction of sp³-hybridized carbons (Fsp3) is 0.780. The molecule has 7 aliphatic rings. The van der Waals surface area contributed by atoms with Crippen LogP contribution in [0.2, 0.25) is 0 Å². The van der Waals surface area contributed by atoms with Gasteiger partial charge in [-0.1, -0.05) is 71.4 Å². The van der Waals surface area contributed by atoms with E-state index in [0.717, 1.165) is 83.3 Å². The minimum absolute atomic E-state index is 0.0279. The summed E-state index contributed by atoms with van der Waals surface area (Å²) in [5.41, 5.74) is 5.97. The van der Waals surface area contributed by atoms with E-state index in [0.29, 0.717) is 48.1 Å². The molecular formula is C50H75N3O4. The molecule has 7 nitrogen and oxygen atoms in total. The molecule has 8 rings (SSSR count). The second-order valence-electron chi connectivity index (χ2n) is 21.9. The van der Waals surface area contributed by atoms with Crippen LogP contribution in [0, 0.1) is 75.4 Å². The van der Waals surface area contributed by atoms with E-state index in [2.05, 4.69) is 81.0 Å². The van der Waals surface area contributed by atoms with Gasteiger partial charge >= 0.3 is 5.97 Å². The zero-order valence-electron chi connectivity index (χ0n) is 36.6. The number of carboxylic acids is 1. The fourth-order valence-corrected chi connectivity index (χ4v) is 15.1. The van der Waals surface area contributed by atoms with Crippen LogP contribution in [0.3, 0.4) is 0 Å². The number of piperazine rings is 1. The number of carbonyl (C=O) groups excluding carboxylic acids is 2. The smallest absolute Gasteiger partial charge is 0.306 e. The number of rotatable bonds is 12. The van der Waals surface area contributed by atoms with E-state index in [4.69, 9.17) is 0 Å². The summed E-state index contributed by atoms with van der Waals surface area (Å²) >= 11 is 0. The second-order valence-corrected chi connectivity index (χ2v) is 21.9. The Bertz CT molecular complexity index is 1710. The third-order valence-electron chi connectivity index (χ3n) is 18.4. The van der Waals surface area contributed by atoms with Crippen molar-refractivity contribution in [3.05, 3.63) is 46.5 Å². The van der Waals surface area contributed by atoms with Gasteiger partial charge in [-0.05, 0) is 153 Å². The lowest BCUT2D eigenvalue weighted by molar-refractivity contribution is -0.162. The Kier molecular flexibility index (Phi) is 11.6. The molecule has 0 amide bonds. The number of nitrogens with one attached hydrogen (secondary N) is 1. The molecule has 1 heterocycles. The molecule has 314 valence electrons. The third-order valence-corrected chi connectivity index (χ3v) is 18.4. The van der Waals surface area contributed by atoms with Crippen molar-refractivity contribution >= 4 is 17.5 Å². The molecule has 1 aromatic rings. The summed E-state index contributed by atoms with van der Waals surface area (Å²) in [6.45, 7) is 21.5. The van der Waals surface area contributed by atoms with E-state index in [1.807, 2.05) is 6.92 Å². The van der Waals surface area contributed by atoms with E-state index in [9.17, 15) is 19.5 Å². The molecule has 6 fully saturated rings. The quantitative estimate of drug-likeness (QED) is 0.205. The van der Waals surface area contributed by atoms with Gasteiger partial charge in [0.15, 0.2) is 5.78 Å². The summed E-state index contributed by atoms with van der Waals surface area (Å²) in [4.78, 5) is 44.2. The van der Waals surface area contributed by atoms with Crippen LogP contribution in [0.4, 0.5) is 0 Å². The molecule has 11 atom stereocenters. The number of carboxylic acid groups (broad SMARTS) is 1. The first-order chi connectivity index (χ1) is 27.1. The van der Waals surface area contributed by atoms with E-state index in [1.54, 1.807) is 5.57 Å². The Hall–Kier alpha value is -2.35. The maximum absolute atomic E-state index is 14.0. The summed E-state index contributed by atoms with van der Waals surface area (Å²) in [6, 6.07) is 9.23. The Balaban J connectivity index is 0.909. The minimum atomic E-state index is -0.743. The molecule has 0 aromatic heterocycles. The van der Waals surface area contributed by atoms with Gasteiger partial charge in [0.1, 0.15) is 5.78 Å². The maximum Gasteiger partial charge on any atom is 0.306 e. The summed E-state index contributed by atoms with van der Waals surface area (Å²) in [7, 11) is 2.21. The van der Waals surface area contributed by atoms with Gasteiger partial charge in [-0.15, -0.1) is 0 Å². The monoisotopic (exact) mass is 782 g/mol. The van der Waals surface area contributed by atoms with Crippen molar-refractivity contribution < 1.29 is 19.5 Å². The molecule has 1 saturated heterocycles. The van der Waals surface area contributed by atoms with Gasteiger partial charge < -0.3 is 15.3 Å². The van der Waals surface area contributed by atoms with E-state index >= 15 is 0 Å². The summed E-state index contributed by atoms with van der Waals surface area (Å²) in [6.07, 6.45) is 12.7. The van der Waals surface area contributed by atoms with E-state index in [1.165, 1.54) is 55.2 Å². The van der Waals surface area contributed by atoms with Crippen molar-refractivity contribution in [1.82, 2.24) is 15.1 Å². The van der Waals surface area contributed by atoms with Crippen LogP contribution in [0.25, 0.3) is 0 Å². The van der Waals surface area contributed by atoms with Crippen LogP contribution in [-0.4, -0.2) is 72.2 Å². The summed E-state index contributed by atoms with van der Waals surface area (Å²) in [5, 5.41) is 13.4. The highest BCUT2D eigenvalue weighted by molar-refractivity contribution is 6.00. The highest BCUT2D eigenvalue weighted by Gasteiger charge is 2.63. The highest BCUT2D eigenvalue weighted by atomic mass is 16.4. The van der Waals surface area contributed by atoms with Gasteiger partial charge in [0, 0.05) is 63.4 Å². The van der Waals surface area contributed by atoms with Crippen LogP contribution >= 0.6 is 0 Å². The Morgan fingerprint density at radius 2 is 1.61 bits per heavy atom. The largest absolute Gasteiger partial charge is 0.481 e. The Morgan fingerprint density at radius 1 is 0.895 bits per heavy atom. The van der Waals surface area contributed by atoms with Crippen molar-refractivity contribution in [2.45, 2.75) is 132 Å². The number of nitrogens with zero attached hydrogens (tertiary/aromatic N) is 2. The van der Waals surface area contributed by atoms with Gasteiger partial charge in [0.25, 0.3) is 0 Å². The number of hydrogen-bond acceptors (Lipinski definition) is 6. The zero-order valence-corrected chi connectivity index (χ0v) is 36.6. The molecule has 0 radical (unpaired) electrons. The molecule has 1 aliphatic heterocycles. The number of allylic oxidation sites excluding steroid dienone is 2. The molecule has 5 saturated carbocycles. The predicted octanol–water partition coefficient (Wildman–Crippen LogP) is 9.05. The standard InChI is InChI=1S/C50H75N3O4/c1-31(2)45-43(55)28-50(20-21-51-29-33-8-10-34(11-9-33)30-53-24-22-52(7)23-25-53)19-17-36-37-13-15-44-48(4,5)35(26-42(54)39-27-40(32(39)3)47(56)57)16-18-49(44,6)41(37)14-12-38(36)46(45)50/h8-11,31-32,35-41,44,51H,12-30H2,1-7H3,(H,56,57). The lowest BCUT2D eigenvalue weighted by Crippen LogP contribution is -2.58. The van der Waals surface area contributed by atoms with Gasteiger partial charge in [0.05, 0.1) is 5.92 Å². The third kappa shape index (κ3) is 7.45. The number of carbonyl (C=O) groups is 3. The first-order valence-corrected chi connectivity index (χ1v) is 23.4. The van der Waals surface area contributed by atoms with Gasteiger partial charge in [0.2, 0.25) is 0 Å². The molecular weight excluding hydrogens is 707 g/mol. The molecule has 0 spiro atoms. The van der Waals surface area contributed by atoms with Crippen molar-refractivity contribution in [3.63, 3.8) is 0 Å². The van der Waals surface area contributed by atoms with Gasteiger partial charge in [-0.2, -0.15) is 0 Å². The summed E-state index contributed by atoms with van der Waals surface area (Å²) < 4.78 is 0. The number of likely N-dealkylation sites (N-methyl/N-ethyl adjacent to an activating group) is 1. The predicted molar refractivity (Wildman–Crippen MR) is 227 cm³/mol. The fourth-order valence-electron chi connectivity index (χ4n) is 15.1. The molecule has 7 heteroatoms. The minimum Gasteiger partial charge on any atom is -0.481 e.